The Kier molecular flexibility index (Phi) is 3.94. The molecule has 4 heteroatoms. The summed E-state index contributed by atoms with van der Waals surface area (Å²) in [4.78, 5) is 11.2. The van der Waals surface area contributed by atoms with Gasteiger partial charge in [-0.3, -0.25) is 4.79 Å². The first-order valence-electron chi connectivity index (χ1n) is 6.45. The Morgan fingerprint density at radius 1 is 1.10 bits per heavy atom. The van der Waals surface area contributed by atoms with Gasteiger partial charge in [0.2, 0.25) is 5.91 Å². The van der Waals surface area contributed by atoms with Crippen molar-refractivity contribution in [1.29, 1.82) is 0 Å². The maximum Gasteiger partial charge on any atom is 0.248 e. The number of para-hydroxylation sites is 1. The number of benzene rings is 2. The lowest BCUT2D eigenvalue weighted by molar-refractivity contribution is 0.1000. The molecule has 0 atom stereocenters. The summed E-state index contributed by atoms with van der Waals surface area (Å²) < 4.78 is 5.86. The molecule has 20 heavy (non-hydrogen) atoms. The number of carbonyl (C=O) groups is 1. The maximum atomic E-state index is 11.2. The molecule has 1 amide bonds. The van der Waals surface area contributed by atoms with Crippen molar-refractivity contribution in [1.82, 2.24) is 0 Å². The number of primary amides is 1. The van der Waals surface area contributed by atoms with Gasteiger partial charge in [0.1, 0.15) is 5.75 Å². The van der Waals surface area contributed by atoms with Crippen molar-refractivity contribution in [2.24, 2.45) is 5.73 Å². The summed E-state index contributed by atoms with van der Waals surface area (Å²) >= 11 is 0. The summed E-state index contributed by atoms with van der Waals surface area (Å²) in [5, 5.41) is 0. The molecular formula is C16H18N2O2. The van der Waals surface area contributed by atoms with Gasteiger partial charge in [-0.2, -0.15) is 0 Å². The van der Waals surface area contributed by atoms with E-state index < -0.39 is 5.91 Å². The van der Waals surface area contributed by atoms with Crippen molar-refractivity contribution in [3.8, 4) is 11.5 Å². The summed E-state index contributed by atoms with van der Waals surface area (Å²) in [5.74, 6) is 0.990. The van der Waals surface area contributed by atoms with Crippen molar-refractivity contribution in [2.45, 2.75) is 19.8 Å². The first kappa shape index (κ1) is 13.9. The number of ether oxygens (including phenoxy) is 1. The second-order valence-corrected chi connectivity index (χ2v) is 4.91. The van der Waals surface area contributed by atoms with Crippen LogP contribution in [0, 0.1) is 0 Å². The highest BCUT2D eigenvalue weighted by molar-refractivity contribution is 5.93. The minimum Gasteiger partial charge on any atom is -0.455 e. The molecule has 2 rings (SSSR count). The maximum absolute atomic E-state index is 11.2. The molecule has 0 aliphatic heterocycles. The van der Waals surface area contributed by atoms with Gasteiger partial charge in [-0.1, -0.05) is 32.0 Å². The fourth-order valence-electron chi connectivity index (χ4n) is 1.94. The lowest BCUT2D eigenvalue weighted by atomic mass is 10.0. The molecule has 4 N–H and O–H groups in total. The van der Waals surface area contributed by atoms with Gasteiger partial charge in [0.05, 0.1) is 5.69 Å². The predicted molar refractivity (Wildman–Crippen MR) is 80.0 cm³/mol. The average molecular weight is 270 g/mol. The molecule has 2 aromatic carbocycles. The Balaban J connectivity index is 2.40. The highest BCUT2D eigenvalue weighted by Gasteiger charge is 2.11. The minimum atomic E-state index is -0.507. The quantitative estimate of drug-likeness (QED) is 0.837. The molecule has 4 nitrogen and oxygen atoms in total. The fourth-order valence-corrected chi connectivity index (χ4v) is 1.94. The molecular weight excluding hydrogens is 252 g/mol. The fraction of sp³-hybridized carbons (Fsp3) is 0.188. The van der Waals surface area contributed by atoms with Crippen LogP contribution in [0.4, 0.5) is 5.69 Å². The first-order chi connectivity index (χ1) is 9.49. The van der Waals surface area contributed by atoms with Gasteiger partial charge in [-0.25, -0.2) is 0 Å². The number of nitrogen functional groups attached to an aromatic ring is 1. The Morgan fingerprint density at radius 3 is 2.45 bits per heavy atom. The molecule has 0 radical (unpaired) electrons. The molecule has 0 heterocycles. The van der Waals surface area contributed by atoms with E-state index in [2.05, 4.69) is 13.8 Å². The van der Waals surface area contributed by atoms with E-state index in [9.17, 15) is 4.79 Å². The Labute approximate surface area is 118 Å². The number of rotatable bonds is 4. The summed E-state index contributed by atoms with van der Waals surface area (Å²) in [5.41, 5.74) is 13.1. The minimum absolute atomic E-state index is 0.326. The van der Waals surface area contributed by atoms with Crippen LogP contribution in [0.2, 0.25) is 0 Å². The van der Waals surface area contributed by atoms with Gasteiger partial charge in [-0.05, 0) is 35.7 Å². The van der Waals surface area contributed by atoms with Gasteiger partial charge >= 0.3 is 0 Å². The van der Waals surface area contributed by atoms with Gasteiger partial charge in [0.15, 0.2) is 5.75 Å². The molecule has 0 fully saturated rings. The SMILES string of the molecule is CC(C)c1ccccc1Oc1cc(C(N)=O)ccc1N. The van der Waals surface area contributed by atoms with Crippen LogP contribution in [0.3, 0.4) is 0 Å². The number of carbonyl (C=O) groups excluding carboxylic acids is 1. The number of hydrogen-bond donors (Lipinski definition) is 2. The van der Waals surface area contributed by atoms with E-state index in [0.717, 1.165) is 11.3 Å². The van der Waals surface area contributed by atoms with Gasteiger partial charge in [0.25, 0.3) is 0 Å². The molecule has 0 saturated carbocycles. The highest BCUT2D eigenvalue weighted by atomic mass is 16.5. The van der Waals surface area contributed by atoms with Crippen LogP contribution in [-0.4, -0.2) is 5.91 Å². The number of amides is 1. The molecule has 0 aliphatic carbocycles. The van der Waals surface area contributed by atoms with Crippen molar-refractivity contribution in [2.75, 3.05) is 5.73 Å². The van der Waals surface area contributed by atoms with E-state index in [1.165, 1.54) is 0 Å². The smallest absolute Gasteiger partial charge is 0.248 e. The normalized spacial score (nSPS) is 10.6. The van der Waals surface area contributed by atoms with E-state index in [1.807, 2.05) is 24.3 Å². The van der Waals surface area contributed by atoms with Gasteiger partial charge in [0, 0.05) is 5.56 Å². The monoisotopic (exact) mass is 270 g/mol. The third-order valence-electron chi connectivity index (χ3n) is 3.06. The summed E-state index contributed by atoms with van der Waals surface area (Å²) in [7, 11) is 0. The standard InChI is InChI=1S/C16H18N2O2/c1-10(2)12-5-3-4-6-14(12)20-15-9-11(16(18)19)7-8-13(15)17/h3-10H,17H2,1-2H3,(H2,18,19). The second kappa shape index (κ2) is 5.65. The topological polar surface area (TPSA) is 78.3 Å². The average Bonchev–Trinajstić information content (AvgIpc) is 2.41. The lowest BCUT2D eigenvalue weighted by Crippen LogP contribution is -2.11. The Hall–Kier alpha value is -2.49. The molecule has 0 bridgehead atoms. The van der Waals surface area contributed by atoms with Crippen LogP contribution in [0.1, 0.15) is 35.7 Å². The van der Waals surface area contributed by atoms with Crippen LogP contribution in [0.25, 0.3) is 0 Å². The van der Waals surface area contributed by atoms with E-state index in [-0.39, 0.29) is 0 Å². The van der Waals surface area contributed by atoms with Crippen molar-refractivity contribution < 1.29 is 9.53 Å². The lowest BCUT2D eigenvalue weighted by Gasteiger charge is -2.15. The third kappa shape index (κ3) is 2.91. The van der Waals surface area contributed by atoms with Gasteiger partial charge < -0.3 is 16.2 Å². The molecule has 2 aromatic rings. The van der Waals surface area contributed by atoms with Crippen molar-refractivity contribution in [3.63, 3.8) is 0 Å². The predicted octanol–water partition coefficient (Wildman–Crippen LogP) is 3.28. The van der Waals surface area contributed by atoms with Crippen LogP contribution in [-0.2, 0) is 0 Å². The Bertz CT molecular complexity index is 636. The van der Waals surface area contributed by atoms with Crippen LogP contribution in [0.15, 0.2) is 42.5 Å². The van der Waals surface area contributed by atoms with E-state index in [1.54, 1.807) is 18.2 Å². The third-order valence-corrected chi connectivity index (χ3v) is 3.06. The summed E-state index contributed by atoms with van der Waals surface area (Å²) in [6.07, 6.45) is 0. The van der Waals surface area contributed by atoms with Crippen molar-refractivity contribution in [3.05, 3.63) is 53.6 Å². The van der Waals surface area contributed by atoms with E-state index in [4.69, 9.17) is 16.2 Å². The molecule has 0 aliphatic rings. The van der Waals surface area contributed by atoms with E-state index >= 15 is 0 Å². The molecule has 104 valence electrons. The first-order valence-corrected chi connectivity index (χ1v) is 6.45. The summed E-state index contributed by atoms with van der Waals surface area (Å²) in [6, 6.07) is 12.5. The zero-order valence-corrected chi connectivity index (χ0v) is 11.6. The Morgan fingerprint density at radius 2 is 1.80 bits per heavy atom. The number of anilines is 1. The second-order valence-electron chi connectivity index (χ2n) is 4.91. The number of hydrogen-bond acceptors (Lipinski definition) is 3. The highest BCUT2D eigenvalue weighted by Crippen LogP contribution is 2.33. The molecule has 0 unspecified atom stereocenters. The largest absolute Gasteiger partial charge is 0.455 e. The van der Waals surface area contributed by atoms with Crippen molar-refractivity contribution >= 4 is 11.6 Å². The van der Waals surface area contributed by atoms with E-state index in [0.29, 0.717) is 22.9 Å². The number of nitrogens with two attached hydrogens (primary N) is 2. The zero-order chi connectivity index (χ0) is 14.7. The molecule has 0 saturated heterocycles. The van der Waals surface area contributed by atoms with Crippen LogP contribution < -0.4 is 16.2 Å². The zero-order valence-electron chi connectivity index (χ0n) is 11.6. The molecule has 0 aromatic heterocycles. The van der Waals surface area contributed by atoms with Crippen LogP contribution >= 0.6 is 0 Å². The molecule has 0 spiro atoms. The van der Waals surface area contributed by atoms with Crippen LogP contribution in [0.5, 0.6) is 11.5 Å². The summed E-state index contributed by atoms with van der Waals surface area (Å²) in [6.45, 7) is 4.18. The van der Waals surface area contributed by atoms with Gasteiger partial charge in [-0.15, -0.1) is 0 Å².